The van der Waals surface area contributed by atoms with E-state index in [0.29, 0.717) is 0 Å². The predicted molar refractivity (Wildman–Crippen MR) is 33.6 cm³/mol. The monoisotopic (exact) mass is 141 g/mol. The number of imidazole rings is 1. The van der Waals surface area contributed by atoms with Gasteiger partial charge in [-0.25, -0.2) is 4.98 Å². The molecule has 3 N–H and O–H groups in total. The largest absolute Gasteiger partial charge is 0.492 e. The summed E-state index contributed by atoms with van der Waals surface area (Å²) in [7, 11) is 1.47. The third-order valence-corrected chi connectivity index (χ3v) is 1.07. The van der Waals surface area contributed by atoms with Crippen LogP contribution in [0.25, 0.3) is 0 Å². The molecular weight excluding hydrogens is 134 g/mol. The van der Waals surface area contributed by atoms with Crippen LogP contribution in [0, 0.1) is 0 Å². The molecule has 5 heteroatoms. The van der Waals surface area contributed by atoms with E-state index in [-0.39, 0.29) is 17.5 Å². The van der Waals surface area contributed by atoms with Gasteiger partial charge in [0.1, 0.15) is 0 Å². The van der Waals surface area contributed by atoms with Crippen LogP contribution in [-0.4, -0.2) is 28.0 Å². The molecule has 10 heavy (non-hydrogen) atoms. The number of carbonyl (C=O) groups excluding carboxylic acids is 1. The quantitative estimate of drug-likeness (QED) is 0.492. The van der Waals surface area contributed by atoms with Crippen molar-refractivity contribution in [1.29, 1.82) is 0 Å². The molecule has 0 bridgehead atoms. The summed E-state index contributed by atoms with van der Waals surface area (Å²) in [6, 6.07) is 0. The van der Waals surface area contributed by atoms with Crippen LogP contribution in [-0.2, 0) is 0 Å². The lowest BCUT2D eigenvalue weighted by atomic mass is 10.4. The minimum absolute atomic E-state index is 0.0856. The van der Waals surface area contributed by atoms with Crippen LogP contribution >= 0.6 is 0 Å². The molecule has 1 heterocycles. The van der Waals surface area contributed by atoms with Crippen molar-refractivity contribution >= 4 is 5.91 Å². The third-order valence-electron chi connectivity index (χ3n) is 1.07. The van der Waals surface area contributed by atoms with Gasteiger partial charge in [-0.1, -0.05) is 0 Å². The molecule has 0 aliphatic heterocycles. The van der Waals surface area contributed by atoms with Crippen LogP contribution in [0.15, 0.2) is 6.33 Å². The average molecular weight is 141 g/mol. The Balaban J connectivity index is 2.93. The summed E-state index contributed by atoms with van der Waals surface area (Å²) in [5, 5.41) is 11.2. The summed E-state index contributed by atoms with van der Waals surface area (Å²) in [6.45, 7) is 0. The number of rotatable bonds is 1. The fourth-order valence-electron chi connectivity index (χ4n) is 0.579. The van der Waals surface area contributed by atoms with Gasteiger partial charge in [-0.3, -0.25) is 4.79 Å². The number of nitrogens with one attached hydrogen (secondary N) is 2. The van der Waals surface area contributed by atoms with Gasteiger partial charge in [-0.2, -0.15) is 0 Å². The molecule has 0 aliphatic carbocycles. The summed E-state index contributed by atoms with van der Waals surface area (Å²) < 4.78 is 0. The molecule has 1 aromatic rings. The first-order valence-corrected chi connectivity index (χ1v) is 2.70. The summed E-state index contributed by atoms with van der Waals surface area (Å²) in [6.07, 6.45) is 1.25. The summed E-state index contributed by atoms with van der Waals surface area (Å²) in [4.78, 5) is 16.7. The van der Waals surface area contributed by atoms with Crippen molar-refractivity contribution in [1.82, 2.24) is 15.3 Å². The van der Waals surface area contributed by atoms with Gasteiger partial charge in [0, 0.05) is 7.05 Å². The Hall–Kier alpha value is -1.52. The first-order valence-electron chi connectivity index (χ1n) is 2.70. The van der Waals surface area contributed by atoms with Crippen molar-refractivity contribution in [3.05, 3.63) is 12.0 Å². The Morgan fingerprint density at radius 2 is 2.60 bits per heavy atom. The first-order chi connectivity index (χ1) is 4.75. The smallest absolute Gasteiger partial charge is 0.273 e. The van der Waals surface area contributed by atoms with Crippen molar-refractivity contribution < 1.29 is 9.90 Å². The van der Waals surface area contributed by atoms with Crippen molar-refractivity contribution in [3.8, 4) is 5.88 Å². The van der Waals surface area contributed by atoms with Gasteiger partial charge in [-0.15, -0.1) is 0 Å². The Kier molecular flexibility index (Phi) is 1.57. The van der Waals surface area contributed by atoms with Crippen LogP contribution in [0.1, 0.15) is 10.5 Å². The molecule has 5 nitrogen and oxygen atoms in total. The number of carbonyl (C=O) groups is 1. The molecule has 0 aromatic carbocycles. The highest BCUT2D eigenvalue weighted by Crippen LogP contribution is 2.07. The Bertz CT molecular complexity index is 243. The van der Waals surface area contributed by atoms with Gasteiger partial charge in [-0.05, 0) is 0 Å². The Labute approximate surface area is 57.1 Å². The van der Waals surface area contributed by atoms with Crippen LogP contribution in [0.5, 0.6) is 5.88 Å². The zero-order valence-electron chi connectivity index (χ0n) is 5.38. The SMILES string of the molecule is CNC(=O)c1[nH]cnc1O. The summed E-state index contributed by atoms with van der Waals surface area (Å²) in [5.41, 5.74) is 0.0856. The maximum Gasteiger partial charge on any atom is 0.273 e. The van der Waals surface area contributed by atoms with Gasteiger partial charge in [0.05, 0.1) is 6.33 Å². The molecule has 0 saturated carbocycles. The fourth-order valence-corrected chi connectivity index (χ4v) is 0.579. The molecule has 54 valence electrons. The molecule has 1 amide bonds. The van der Waals surface area contributed by atoms with E-state index in [4.69, 9.17) is 5.11 Å². The number of hydrogen-bond acceptors (Lipinski definition) is 3. The number of nitrogens with zero attached hydrogens (tertiary/aromatic N) is 1. The van der Waals surface area contributed by atoms with E-state index in [1.54, 1.807) is 0 Å². The fraction of sp³-hybridized carbons (Fsp3) is 0.200. The van der Waals surface area contributed by atoms with Crippen molar-refractivity contribution in [3.63, 3.8) is 0 Å². The van der Waals surface area contributed by atoms with E-state index >= 15 is 0 Å². The molecule has 0 spiro atoms. The minimum Gasteiger partial charge on any atom is -0.492 e. The number of aromatic hydroxyl groups is 1. The number of amides is 1. The molecule has 0 fully saturated rings. The number of hydrogen-bond donors (Lipinski definition) is 3. The second-order valence-electron chi connectivity index (χ2n) is 1.68. The molecule has 0 saturated heterocycles. The number of aromatic nitrogens is 2. The zero-order valence-corrected chi connectivity index (χ0v) is 5.38. The summed E-state index contributed by atoms with van der Waals surface area (Å²) in [5.74, 6) is -0.658. The second-order valence-corrected chi connectivity index (χ2v) is 1.68. The second kappa shape index (κ2) is 2.38. The normalized spacial score (nSPS) is 9.30. The van der Waals surface area contributed by atoms with Gasteiger partial charge >= 0.3 is 0 Å². The maximum atomic E-state index is 10.8. The minimum atomic E-state index is -0.380. The molecule has 0 radical (unpaired) electrons. The van der Waals surface area contributed by atoms with E-state index in [9.17, 15) is 4.79 Å². The van der Waals surface area contributed by atoms with Crippen LogP contribution in [0.2, 0.25) is 0 Å². The zero-order chi connectivity index (χ0) is 7.56. The van der Waals surface area contributed by atoms with Gasteiger partial charge < -0.3 is 15.4 Å². The number of H-pyrrole nitrogens is 1. The Morgan fingerprint density at radius 1 is 1.90 bits per heavy atom. The lowest BCUT2D eigenvalue weighted by molar-refractivity contribution is 0.0956. The first kappa shape index (κ1) is 6.60. The molecule has 1 rings (SSSR count). The Morgan fingerprint density at radius 3 is 3.00 bits per heavy atom. The molecule has 0 aliphatic rings. The van der Waals surface area contributed by atoms with Gasteiger partial charge in [0.15, 0.2) is 5.69 Å². The van der Waals surface area contributed by atoms with E-state index in [0.717, 1.165) is 0 Å². The summed E-state index contributed by atoms with van der Waals surface area (Å²) >= 11 is 0. The third kappa shape index (κ3) is 0.928. The average Bonchev–Trinajstić information content (AvgIpc) is 2.34. The van der Waals surface area contributed by atoms with Gasteiger partial charge in [0.25, 0.3) is 5.91 Å². The lowest BCUT2D eigenvalue weighted by Crippen LogP contribution is -2.18. The highest BCUT2D eigenvalue weighted by molar-refractivity contribution is 5.94. The molecule has 0 unspecified atom stereocenters. The highest BCUT2D eigenvalue weighted by Gasteiger charge is 2.10. The lowest BCUT2D eigenvalue weighted by Gasteiger charge is -1.93. The topological polar surface area (TPSA) is 78.0 Å². The van der Waals surface area contributed by atoms with E-state index in [1.807, 2.05) is 0 Å². The number of aromatic amines is 1. The van der Waals surface area contributed by atoms with Crippen molar-refractivity contribution in [2.45, 2.75) is 0 Å². The molecule has 1 aromatic heterocycles. The van der Waals surface area contributed by atoms with Gasteiger partial charge in [0.2, 0.25) is 5.88 Å². The predicted octanol–water partition coefficient (Wildman–Crippen LogP) is -0.525. The van der Waals surface area contributed by atoms with E-state index in [1.165, 1.54) is 13.4 Å². The maximum absolute atomic E-state index is 10.8. The van der Waals surface area contributed by atoms with Crippen molar-refractivity contribution in [2.24, 2.45) is 0 Å². The van der Waals surface area contributed by atoms with E-state index < -0.39 is 0 Å². The standard InChI is InChI=1S/C5H7N3O2/c1-6-4(9)3-5(10)8-2-7-3/h2,10H,1H3,(H,6,9)(H,7,8). The highest BCUT2D eigenvalue weighted by atomic mass is 16.3. The van der Waals surface area contributed by atoms with Crippen LogP contribution in [0.4, 0.5) is 0 Å². The molecular formula is C5H7N3O2. The van der Waals surface area contributed by atoms with Crippen LogP contribution in [0.3, 0.4) is 0 Å². The molecule has 0 atom stereocenters. The van der Waals surface area contributed by atoms with Crippen molar-refractivity contribution in [2.75, 3.05) is 7.05 Å². The van der Waals surface area contributed by atoms with E-state index in [2.05, 4.69) is 15.3 Å². The van der Waals surface area contributed by atoms with Crippen LogP contribution < -0.4 is 5.32 Å².